The van der Waals surface area contributed by atoms with Gasteiger partial charge in [-0.05, 0) is 59.9 Å². The van der Waals surface area contributed by atoms with Crippen molar-refractivity contribution in [3.05, 3.63) is 95.7 Å². The van der Waals surface area contributed by atoms with Crippen molar-refractivity contribution >= 4 is 47.4 Å². The summed E-state index contributed by atoms with van der Waals surface area (Å²) in [7, 11) is 0. The van der Waals surface area contributed by atoms with Gasteiger partial charge in [-0.1, -0.05) is 42.5 Å². The lowest BCUT2D eigenvalue weighted by Crippen LogP contribution is -2.41. The van der Waals surface area contributed by atoms with Crippen LogP contribution < -0.4 is 32.4 Å². The number of carbonyl (C=O) groups excluding carboxylic acids is 4. The molecule has 0 fully saturated rings. The molecule has 0 amide bonds. The highest BCUT2D eigenvalue weighted by atomic mass is 32.1. The second-order valence-corrected chi connectivity index (χ2v) is 10.8. The Balaban J connectivity index is 1.22. The maximum Gasteiger partial charge on any atom is 0.330 e. The number of hydrogen-bond donors (Lipinski definition) is 6. The SMILES string of the molecule is N[C@H](Cc1c[nH]c2ccccc12)C(=O)OC(=O)[C@@H](N)Cc1ccc(OC(=O)[C@H](N)Cc2ccc(OC(=O)[C@@H](N)CS)cc2)cc1. The number of thiol groups is 1. The highest BCUT2D eigenvalue weighted by Crippen LogP contribution is 2.20. The Morgan fingerprint density at radius 3 is 1.62 bits per heavy atom. The number of esters is 4. The first-order chi connectivity index (χ1) is 21.5. The van der Waals surface area contributed by atoms with Gasteiger partial charge in [0.2, 0.25) is 0 Å². The van der Waals surface area contributed by atoms with Gasteiger partial charge in [-0.3, -0.25) is 0 Å². The molecule has 13 heteroatoms. The highest BCUT2D eigenvalue weighted by molar-refractivity contribution is 7.80. The van der Waals surface area contributed by atoms with E-state index < -0.39 is 48.0 Å². The Morgan fingerprint density at radius 1 is 0.622 bits per heavy atom. The van der Waals surface area contributed by atoms with E-state index in [9.17, 15) is 19.2 Å². The number of nitrogens with two attached hydrogens (primary N) is 4. The van der Waals surface area contributed by atoms with Crippen LogP contribution in [-0.4, -0.2) is 58.8 Å². The van der Waals surface area contributed by atoms with Gasteiger partial charge in [0, 0.05) is 29.3 Å². The number of hydrogen-bond acceptors (Lipinski definition) is 12. The number of aromatic nitrogens is 1. The summed E-state index contributed by atoms with van der Waals surface area (Å²) in [6.45, 7) is 0. The molecule has 0 aliphatic rings. The minimum Gasteiger partial charge on any atom is -0.425 e. The molecule has 4 aromatic rings. The Kier molecular flexibility index (Phi) is 11.5. The standard InChI is InChI=1S/C32H35N5O7S/c33-24(13-18-7-11-22(12-8-18)43-32(41)27(36)17-45)29(38)42-21-9-5-19(6-10-21)14-25(34)30(39)44-31(40)26(35)15-20-16-37-28-4-2-1-3-23(20)28/h1-12,16,24-27,37,45H,13-15,17,33-36H2/t24-,25+,26-,27+/m1/s1. The summed E-state index contributed by atoms with van der Waals surface area (Å²) in [5, 5.41) is 0.933. The van der Waals surface area contributed by atoms with Crippen LogP contribution in [0.2, 0.25) is 0 Å². The molecular weight excluding hydrogens is 598 g/mol. The molecule has 12 nitrogen and oxygen atoms in total. The Bertz CT molecular complexity index is 1640. The number of fused-ring (bicyclic) bond motifs is 1. The van der Waals surface area contributed by atoms with Gasteiger partial charge >= 0.3 is 23.9 Å². The smallest absolute Gasteiger partial charge is 0.330 e. The molecule has 0 saturated heterocycles. The zero-order valence-electron chi connectivity index (χ0n) is 24.3. The lowest BCUT2D eigenvalue weighted by Gasteiger charge is -2.14. The van der Waals surface area contributed by atoms with E-state index in [1.807, 2.05) is 24.3 Å². The van der Waals surface area contributed by atoms with Crippen LogP contribution in [0.3, 0.4) is 0 Å². The summed E-state index contributed by atoms with van der Waals surface area (Å²) in [4.78, 5) is 52.4. The maximum absolute atomic E-state index is 12.5. The van der Waals surface area contributed by atoms with E-state index in [1.165, 1.54) is 0 Å². The van der Waals surface area contributed by atoms with E-state index in [2.05, 4.69) is 17.6 Å². The van der Waals surface area contributed by atoms with Gasteiger partial charge in [-0.15, -0.1) is 0 Å². The van der Waals surface area contributed by atoms with E-state index >= 15 is 0 Å². The second-order valence-electron chi connectivity index (χ2n) is 10.5. The van der Waals surface area contributed by atoms with E-state index in [0.29, 0.717) is 11.3 Å². The van der Waals surface area contributed by atoms with E-state index in [0.717, 1.165) is 22.0 Å². The van der Waals surface area contributed by atoms with Crippen LogP contribution in [0.4, 0.5) is 0 Å². The molecule has 4 atom stereocenters. The number of benzene rings is 3. The monoisotopic (exact) mass is 633 g/mol. The van der Waals surface area contributed by atoms with Crippen molar-refractivity contribution in [2.24, 2.45) is 22.9 Å². The first kappa shape index (κ1) is 33.4. The van der Waals surface area contributed by atoms with Crippen LogP contribution in [0.1, 0.15) is 16.7 Å². The Hall–Kier alpha value is -4.53. The highest BCUT2D eigenvalue weighted by Gasteiger charge is 2.25. The molecule has 236 valence electrons. The first-order valence-corrected chi connectivity index (χ1v) is 14.7. The van der Waals surface area contributed by atoms with E-state index in [1.54, 1.807) is 54.7 Å². The molecule has 1 heterocycles. The second kappa shape index (κ2) is 15.5. The van der Waals surface area contributed by atoms with Gasteiger partial charge in [0.05, 0.1) is 0 Å². The van der Waals surface area contributed by atoms with Crippen LogP contribution in [0.5, 0.6) is 11.5 Å². The average Bonchev–Trinajstić information content (AvgIpc) is 3.44. The largest absolute Gasteiger partial charge is 0.425 e. The van der Waals surface area contributed by atoms with Crippen LogP contribution in [0.25, 0.3) is 10.9 Å². The van der Waals surface area contributed by atoms with Crippen molar-refractivity contribution in [2.45, 2.75) is 43.4 Å². The summed E-state index contributed by atoms with van der Waals surface area (Å²) in [5.41, 5.74) is 26.7. The summed E-state index contributed by atoms with van der Waals surface area (Å²) in [6, 6.07) is 16.5. The molecule has 0 spiro atoms. The summed E-state index contributed by atoms with van der Waals surface area (Å²) < 4.78 is 15.5. The molecule has 0 aliphatic carbocycles. The molecule has 45 heavy (non-hydrogen) atoms. The molecule has 0 aliphatic heterocycles. The molecule has 0 unspecified atom stereocenters. The molecule has 4 rings (SSSR count). The quantitative estimate of drug-likeness (QED) is 0.0534. The first-order valence-electron chi connectivity index (χ1n) is 14.1. The number of ether oxygens (including phenoxy) is 3. The topological polar surface area (TPSA) is 216 Å². The zero-order valence-corrected chi connectivity index (χ0v) is 25.2. The van der Waals surface area contributed by atoms with E-state index in [-0.39, 0.29) is 30.8 Å². The molecule has 0 bridgehead atoms. The number of nitrogens with one attached hydrogen (secondary N) is 1. The summed E-state index contributed by atoms with van der Waals surface area (Å²) in [6.07, 6.45) is 2.21. The van der Waals surface area contributed by atoms with Gasteiger partial charge in [0.1, 0.15) is 35.7 Å². The number of para-hydroxylation sites is 1. The van der Waals surface area contributed by atoms with Crippen molar-refractivity contribution in [3.63, 3.8) is 0 Å². The molecule has 1 aromatic heterocycles. The minimum absolute atomic E-state index is 0.0728. The Labute approximate surface area is 264 Å². The fourth-order valence-corrected chi connectivity index (χ4v) is 4.54. The third-order valence-electron chi connectivity index (χ3n) is 6.92. The summed E-state index contributed by atoms with van der Waals surface area (Å²) in [5.74, 6) is -2.31. The van der Waals surface area contributed by atoms with E-state index in [4.69, 9.17) is 37.1 Å². The van der Waals surface area contributed by atoms with Crippen molar-refractivity contribution in [1.29, 1.82) is 0 Å². The van der Waals surface area contributed by atoms with Gasteiger partial charge < -0.3 is 42.1 Å². The fourth-order valence-electron chi connectivity index (χ4n) is 4.39. The predicted octanol–water partition coefficient (Wildman–Crippen LogP) is 1.32. The minimum atomic E-state index is -1.12. The predicted molar refractivity (Wildman–Crippen MR) is 170 cm³/mol. The number of rotatable bonds is 13. The lowest BCUT2D eigenvalue weighted by molar-refractivity contribution is -0.161. The third kappa shape index (κ3) is 9.23. The van der Waals surface area contributed by atoms with Crippen molar-refractivity contribution in [1.82, 2.24) is 4.98 Å². The normalized spacial score (nSPS) is 13.8. The zero-order chi connectivity index (χ0) is 32.5. The molecule has 3 aromatic carbocycles. The van der Waals surface area contributed by atoms with Crippen molar-refractivity contribution < 1.29 is 33.4 Å². The third-order valence-corrected chi connectivity index (χ3v) is 7.31. The van der Waals surface area contributed by atoms with Crippen molar-refractivity contribution in [3.8, 4) is 11.5 Å². The van der Waals surface area contributed by atoms with Gasteiger partial charge in [0.25, 0.3) is 0 Å². The Morgan fingerprint density at radius 2 is 1.09 bits per heavy atom. The number of H-pyrrole nitrogens is 1. The van der Waals surface area contributed by atoms with Gasteiger partial charge in [-0.25, -0.2) is 19.2 Å². The maximum atomic E-state index is 12.5. The molecular formula is C32H35N5O7S. The fraction of sp³-hybridized carbons (Fsp3) is 0.250. The number of aromatic amines is 1. The lowest BCUT2D eigenvalue weighted by atomic mass is 10.1. The molecule has 9 N–H and O–H groups in total. The van der Waals surface area contributed by atoms with Gasteiger partial charge in [-0.2, -0.15) is 12.6 Å². The average molecular weight is 634 g/mol. The molecule has 0 radical (unpaired) electrons. The van der Waals surface area contributed by atoms with Crippen LogP contribution >= 0.6 is 12.6 Å². The van der Waals surface area contributed by atoms with Crippen LogP contribution in [-0.2, 0) is 43.2 Å². The number of carbonyl (C=O) groups is 4. The van der Waals surface area contributed by atoms with Crippen LogP contribution in [0.15, 0.2) is 79.0 Å². The molecule has 0 saturated carbocycles. The van der Waals surface area contributed by atoms with Gasteiger partial charge in [0.15, 0.2) is 0 Å². The summed E-state index contributed by atoms with van der Waals surface area (Å²) >= 11 is 3.97. The van der Waals surface area contributed by atoms with Crippen LogP contribution in [0, 0.1) is 0 Å². The van der Waals surface area contributed by atoms with Crippen molar-refractivity contribution in [2.75, 3.05) is 5.75 Å².